The molecule has 2 heterocycles. The molecule has 0 bridgehead atoms. The van der Waals surface area contributed by atoms with Crippen molar-refractivity contribution in [3.63, 3.8) is 0 Å². The van der Waals surface area contributed by atoms with Crippen LogP contribution in [0.1, 0.15) is 6.92 Å². The third-order valence-electron chi connectivity index (χ3n) is 2.74. The van der Waals surface area contributed by atoms with E-state index in [2.05, 4.69) is 4.74 Å². The monoisotopic (exact) mass is 248 g/mol. The van der Waals surface area contributed by atoms with E-state index in [0.717, 1.165) is 4.90 Å². The molecule has 7 nitrogen and oxygen atoms in total. The highest BCUT2D eigenvalue weighted by Crippen LogP contribution is 2.22. The first-order valence-corrected chi connectivity index (χ1v) is 6.53. The second kappa shape index (κ2) is 3.70. The topological polar surface area (TPSA) is 84.0 Å². The number of amides is 2. The van der Waals surface area contributed by atoms with E-state index < -0.39 is 22.0 Å². The van der Waals surface area contributed by atoms with Crippen molar-refractivity contribution in [3.8, 4) is 0 Å². The Bertz CT molecular complexity index is 410. The van der Waals surface area contributed by atoms with Crippen molar-refractivity contribution >= 4 is 22.0 Å². The lowest BCUT2D eigenvalue weighted by Gasteiger charge is -2.40. The van der Waals surface area contributed by atoms with E-state index in [-0.39, 0.29) is 31.5 Å². The van der Waals surface area contributed by atoms with Gasteiger partial charge >= 0.3 is 6.09 Å². The fourth-order valence-corrected chi connectivity index (χ4v) is 2.87. The average molecular weight is 248 g/mol. The van der Waals surface area contributed by atoms with Gasteiger partial charge in [-0.3, -0.25) is 4.79 Å². The van der Waals surface area contributed by atoms with Gasteiger partial charge in [0, 0.05) is 13.1 Å². The molecule has 16 heavy (non-hydrogen) atoms. The largest absolute Gasteiger partial charge is 0.439 e. The summed E-state index contributed by atoms with van der Waals surface area (Å²) < 4.78 is 28.6. The maximum absolute atomic E-state index is 11.4. The highest BCUT2D eigenvalue weighted by molar-refractivity contribution is 7.89. The molecule has 0 aromatic carbocycles. The summed E-state index contributed by atoms with van der Waals surface area (Å²) in [6.45, 7) is 1.67. The quantitative estimate of drug-likeness (QED) is 0.639. The van der Waals surface area contributed by atoms with Gasteiger partial charge in [0.25, 0.3) is 5.91 Å². The number of imide groups is 1. The fraction of sp³-hybridized carbons (Fsp3) is 0.750. The Kier molecular flexibility index (Phi) is 2.62. The Balaban J connectivity index is 1.99. The molecule has 8 heteroatoms. The first-order chi connectivity index (χ1) is 7.45. The highest BCUT2D eigenvalue weighted by Gasteiger charge is 2.45. The molecule has 0 aliphatic carbocycles. The van der Waals surface area contributed by atoms with E-state index in [0.29, 0.717) is 0 Å². The van der Waals surface area contributed by atoms with Gasteiger partial charge < -0.3 is 4.74 Å². The number of cyclic esters (lactones) is 1. The van der Waals surface area contributed by atoms with Gasteiger partial charge in [0.2, 0.25) is 10.0 Å². The predicted octanol–water partition coefficient (Wildman–Crippen LogP) is -1.00. The van der Waals surface area contributed by atoms with E-state index >= 15 is 0 Å². The van der Waals surface area contributed by atoms with Crippen molar-refractivity contribution in [2.75, 3.05) is 25.4 Å². The molecule has 2 fully saturated rings. The van der Waals surface area contributed by atoms with Gasteiger partial charge in [0.1, 0.15) is 0 Å². The molecule has 90 valence electrons. The van der Waals surface area contributed by atoms with Crippen LogP contribution in [0, 0.1) is 0 Å². The summed E-state index contributed by atoms with van der Waals surface area (Å²) >= 11 is 0. The van der Waals surface area contributed by atoms with Crippen LogP contribution in [0.25, 0.3) is 0 Å². The smallest absolute Gasteiger partial charge is 0.417 e. The molecule has 0 unspecified atom stereocenters. The van der Waals surface area contributed by atoms with Crippen molar-refractivity contribution in [1.82, 2.24) is 9.21 Å². The van der Waals surface area contributed by atoms with Crippen LogP contribution in [0.5, 0.6) is 0 Å². The zero-order valence-electron chi connectivity index (χ0n) is 8.75. The van der Waals surface area contributed by atoms with Crippen LogP contribution in [-0.2, 0) is 19.6 Å². The van der Waals surface area contributed by atoms with Crippen LogP contribution in [0.4, 0.5) is 4.79 Å². The maximum atomic E-state index is 11.4. The lowest BCUT2D eigenvalue weighted by molar-refractivity contribution is -0.128. The Hall–Kier alpha value is -1.15. The zero-order chi connectivity index (χ0) is 11.9. The Morgan fingerprint density at radius 2 is 2.00 bits per heavy atom. The Labute approximate surface area is 93.0 Å². The number of carbonyl (C=O) groups is 2. The number of hydrogen-bond donors (Lipinski definition) is 0. The Morgan fingerprint density at radius 3 is 2.44 bits per heavy atom. The second-order valence-corrected chi connectivity index (χ2v) is 5.95. The van der Waals surface area contributed by atoms with Gasteiger partial charge in [-0.1, -0.05) is 0 Å². The van der Waals surface area contributed by atoms with Crippen LogP contribution in [0.3, 0.4) is 0 Å². The summed E-state index contributed by atoms with van der Waals surface area (Å²) in [4.78, 5) is 23.4. The van der Waals surface area contributed by atoms with Crippen molar-refractivity contribution < 1.29 is 22.7 Å². The first-order valence-electron chi connectivity index (χ1n) is 4.92. The zero-order valence-corrected chi connectivity index (χ0v) is 9.57. The van der Waals surface area contributed by atoms with Gasteiger partial charge in [0.05, 0.1) is 11.8 Å². The van der Waals surface area contributed by atoms with Crippen LogP contribution in [-0.4, -0.2) is 61.1 Å². The van der Waals surface area contributed by atoms with Gasteiger partial charge in [-0.2, -0.15) is 4.31 Å². The minimum atomic E-state index is -3.22. The summed E-state index contributed by atoms with van der Waals surface area (Å²) in [5.74, 6) is -0.374. The van der Waals surface area contributed by atoms with Gasteiger partial charge in [-0.05, 0) is 6.92 Å². The number of carbonyl (C=O) groups excluding carboxylic acids is 2. The number of ether oxygens (including phenoxy) is 1. The molecule has 0 spiro atoms. The van der Waals surface area contributed by atoms with Gasteiger partial charge in [-0.25, -0.2) is 18.1 Å². The van der Waals surface area contributed by atoms with Crippen LogP contribution in [0.15, 0.2) is 0 Å². The minimum absolute atomic E-state index is 0.0259. The number of rotatable bonds is 3. The second-order valence-electron chi connectivity index (χ2n) is 3.69. The first kappa shape index (κ1) is 11.3. The number of sulfonamides is 1. The van der Waals surface area contributed by atoms with Crippen LogP contribution >= 0.6 is 0 Å². The SMILES string of the molecule is CCS(=O)(=O)N1CC(N2C(=O)COC2=O)C1. The third kappa shape index (κ3) is 1.67. The molecule has 0 aromatic heterocycles. The highest BCUT2D eigenvalue weighted by atomic mass is 32.2. The minimum Gasteiger partial charge on any atom is -0.439 e. The molecule has 0 N–H and O–H groups in total. The standard InChI is InChI=1S/C8H12N2O5S/c1-2-16(13,14)9-3-6(4-9)10-7(11)5-15-8(10)12/h6H,2-5H2,1H3. The number of hydrogen-bond acceptors (Lipinski definition) is 5. The summed E-state index contributed by atoms with van der Waals surface area (Å²) in [5, 5.41) is 0. The molecule has 2 rings (SSSR count). The molecule has 2 saturated heterocycles. The molecule has 2 amide bonds. The lowest BCUT2D eigenvalue weighted by Crippen LogP contribution is -2.62. The summed E-state index contributed by atoms with van der Waals surface area (Å²) in [6, 6.07) is -0.371. The predicted molar refractivity (Wildman–Crippen MR) is 53.0 cm³/mol. The van der Waals surface area contributed by atoms with E-state index in [9.17, 15) is 18.0 Å². The molecule has 0 aromatic rings. The van der Waals surface area contributed by atoms with Gasteiger partial charge in [0.15, 0.2) is 6.61 Å². The average Bonchev–Trinajstić information content (AvgIpc) is 2.47. The summed E-state index contributed by atoms with van der Waals surface area (Å²) in [5.41, 5.74) is 0. The van der Waals surface area contributed by atoms with E-state index in [4.69, 9.17) is 0 Å². The normalized spacial score (nSPS) is 23.4. The molecule has 2 aliphatic rings. The van der Waals surface area contributed by atoms with Crippen molar-refractivity contribution in [2.24, 2.45) is 0 Å². The molecule has 2 aliphatic heterocycles. The van der Waals surface area contributed by atoms with Crippen LogP contribution in [0.2, 0.25) is 0 Å². The molecular weight excluding hydrogens is 236 g/mol. The molecule has 0 radical (unpaired) electrons. The van der Waals surface area contributed by atoms with Crippen LogP contribution < -0.4 is 0 Å². The maximum Gasteiger partial charge on any atom is 0.417 e. The lowest BCUT2D eigenvalue weighted by atomic mass is 10.1. The summed E-state index contributed by atoms with van der Waals surface area (Å²) in [6.07, 6.45) is -0.677. The summed E-state index contributed by atoms with van der Waals surface area (Å²) in [7, 11) is -3.22. The Morgan fingerprint density at radius 1 is 1.38 bits per heavy atom. The third-order valence-corrected chi connectivity index (χ3v) is 4.55. The van der Waals surface area contributed by atoms with Crippen molar-refractivity contribution in [1.29, 1.82) is 0 Å². The molecule has 0 saturated carbocycles. The van der Waals surface area contributed by atoms with E-state index in [1.54, 1.807) is 6.92 Å². The van der Waals surface area contributed by atoms with Gasteiger partial charge in [-0.15, -0.1) is 0 Å². The van der Waals surface area contributed by atoms with E-state index in [1.807, 2.05) is 0 Å². The van der Waals surface area contributed by atoms with Crippen molar-refractivity contribution in [2.45, 2.75) is 13.0 Å². The molecular formula is C8H12N2O5S. The molecule has 0 atom stereocenters. The fourth-order valence-electron chi connectivity index (χ4n) is 1.71. The number of nitrogens with zero attached hydrogens (tertiary/aromatic N) is 2. The van der Waals surface area contributed by atoms with Crippen molar-refractivity contribution in [3.05, 3.63) is 0 Å². The van der Waals surface area contributed by atoms with E-state index in [1.165, 1.54) is 4.31 Å².